The highest BCUT2D eigenvalue weighted by atomic mass is 35.5. The average Bonchev–Trinajstić information content (AvgIpc) is 2.38. The number of rotatable bonds is 3. The minimum absolute atomic E-state index is 0.0397. The van der Waals surface area contributed by atoms with Crippen LogP contribution >= 0.6 is 46.4 Å². The van der Waals surface area contributed by atoms with Crippen molar-refractivity contribution in [2.24, 2.45) is 0 Å². The summed E-state index contributed by atoms with van der Waals surface area (Å²) in [6, 6.07) is 10.9. The Labute approximate surface area is 132 Å². The SMILES string of the molecule is CC(Nc1cccc(Cl)c1Cl)c1cccc(Cl)c1Cl. The summed E-state index contributed by atoms with van der Waals surface area (Å²) in [4.78, 5) is 0. The standard InChI is InChI=1S/C14H11Cl4N/c1-8(9-4-2-5-10(15)13(9)17)19-12-7-3-6-11(16)14(12)18/h2-8,19H,1H3. The van der Waals surface area contributed by atoms with Gasteiger partial charge in [-0.15, -0.1) is 0 Å². The van der Waals surface area contributed by atoms with Gasteiger partial charge in [-0.2, -0.15) is 0 Å². The van der Waals surface area contributed by atoms with Gasteiger partial charge >= 0.3 is 0 Å². The summed E-state index contributed by atoms with van der Waals surface area (Å²) in [5.41, 5.74) is 1.67. The lowest BCUT2D eigenvalue weighted by molar-refractivity contribution is 0.885. The van der Waals surface area contributed by atoms with Crippen molar-refractivity contribution in [1.29, 1.82) is 0 Å². The van der Waals surface area contributed by atoms with Gasteiger partial charge in [0, 0.05) is 0 Å². The summed E-state index contributed by atoms with van der Waals surface area (Å²) in [5, 5.41) is 5.36. The van der Waals surface area contributed by atoms with Crippen LogP contribution < -0.4 is 5.32 Å². The minimum atomic E-state index is -0.0397. The molecule has 0 heterocycles. The Balaban J connectivity index is 2.28. The van der Waals surface area contributed by atoms with Crippen molar-refractivity contribution in [3.63, 3.8) is 0 Å². The highest BCUT2D eigenvalue weighted by molar-refractivity contribution is 6.44. The third-order valence-corrected chi connectivity index (χ3v) is 4.42. The van der Waals surface area contributed by atoms with E-state index in [0.29, 0.717) is 20.1 Å². The molecule has 0 spiro atoms. The van der Waals surface area contributed by atoms with Crippen LogP contribution in [-0.4, -0.2) is 0 Å². The lowest BCUT2D eigenvalue weighted by Crippen LogP contribution is -2.07. The van der Waals surface area contributed by atoms with Crippen LogP contribution in [0.5, 0.6) is 0 Å². The Kier molecular flexibility index (Phi) is 4.86. The fourth-order valence-electron chi connectivity index (χ4n) is 1.78. The number of halogens is 4. The molecule has 2 aromatic carbocycles. The first kappa shape index (κ1) is 14.8. The number of nitrogens with one attached hydrogen (secondary N) is 1. The molecule has 0 bridgehead atoms. The Morgan fingerprint density at radius 2 is 1.42 bits per heavy atom. The van der Waals surface area contributed by atoms with E-state index < -0.39 is 0 Å². The summed E-state index contributed by atoms with van der Waals surface area (Å²) in [6.45, 7) is 1.98. The smallest absolute Gasteiger partial charge is 0.0823 e. The number of hydrogen-bond donors (Lipinski definition) is 1. The molecule has 1 atom stereocenters. The Morgan fingerprint density at radius 3 is 2.11 bits per heavy atom. The zero-order valence-corrected chi connectivity index (χ0v) is 13.1. The molecule has 1 N–H and O–H groups in total. The molecule has 100 valence electrons. The molecular weight excluding hydrogens is 324 g/mol. The van der Waals surface area contributed by atoms with Gasteiger partial charge in [-0.3, -0.25) is 0 Å². The Bertz CT molecular complexity index is 598. The molecular formula is C14H11Cl4N. The van der Waals surface area contributed by atoms with E-state index in [-0.39, 0.29) is 6.04 Å². The molecule has 5 heteroatoms. The van der Waals surface area contributed by atoms with Gasteiger partial charge in [0.15, 0.2) is 0 Å². The molecule has 0 aliphatic rings. The molecule has 1 unspecified atom stereocenters. The van der Waals surface area contributed by atoms with E-state index in [4.69, 9.17) is 46.4 Å². The molecule has 19 heavy (non-hydrogen) atoms. The van der Waals surface area contributed by atoms with Gasteiger partial charge in [-0.05, 0) is 30.7 Å². The second-order valence-corrected chi connectivity index (χ2v) is 5.68. The Hall–Kier alpha value is -0.600. The van der Waals surface area contributed by atoms with E-state index >= 15 is 0 Å². The molecule has 0 aliphatic carbocycles. The number of anilines is 1. The summed E-state index contributed by atoms with van der Waals surface area (Å²) in [7, 11) is 0. The van der Waals surface area contributed by atoms with Gasteiger partial charge in [-0.1, -0.05) is 64.6 Å². The number of benzene rings is 2. The maximum absolute atomic E-state index is 6.19. The molecule has 1 nitrogen and oxygen atoms in total. The molecule has 0 aromatic heterocycles. The van der Waals surface area contributed by atoms with Crippen LogP contribution in [0.4, 0.5) is 5.69 Å². The quantitative estimate of drug-likeness (QED) is 0.677. The maximum Gasteiger partial charge on any atom is 0.0823 e. The van der Waals surface area contributed by atoms with E-state index in [1.165, 1.54) is 0 Å². The second kappa shape index (κ2) is 6.23. The number of hydrogen-bond acceptors (Lipinski definition) is 1. The predicted octanol–water partition coefficient (Wildman–Crippen LogP) is 6.47. The molecule has 2 aromatic rings. The van der Waals surface area contributed by atoms with Gasteiger partial charge in [-0.25, -0.2) is 0 Å². The lowest BCUT2D eigenvalue weighted by atomic mass is 10.1. The minimum Gasteiger partial charge on any atom is -0.377 e. The van der Waals surface area contributed by atoms with Crippen LogP contribution in [0.2, 0.25) is 20.1 Å². The van der Waals surface area contributed by atoms with Crippen molar-refractivity contribution in [1.82, 2.24) is 0 Å². The first-order chi connectivity index (χ1) is 9.00. The highest BCUT2D eigenvalue weighted by Crippen LogP contribution is 2.35. The fraction of sp³-hybridized carbons (Fsp3) is 0.143. The highest BCUT2D eigenvalue weighted by Gasteiger charge is 2.13. The van der Waals surface area contributed by atoms with E-state index in [1.807, 2.05) is 31.2 Å². The first-order valence-corrected chi connectivity index (χ1v) is 7.16. The van der Waals surface area contributed by atoms with Gasteiger partial charge < -0.3 is 5.32 Å². The van der Waals surface area contributed by atoms with Crippen LogP contribution in [0.25, 0.3) is 0 Å². The first-order valence-electron chi connectivity index (χ1n) is 5.65. The second-order valence-electron chi connectivity index (χ2n) is 4.11. The summed E-state index contributed by atoms with van der Waals surface area (Å²) in [6.07, 6.45) is 0. The molecule has 0 saturated heterocycles. The van der Waals surface area contributed by atoms with E-state index in [2.05, 4.69) is 5.32 Å². The topological polar surface area (TPSA) is 12.0 Å². The zero-order chi connectivity index (χ0) is 14.0. The van der Waals surface area contributed by atoms with Gasteiger partial charge in [0.1, 0.15) is 0 Å². The van der Waals surface area contributed by atoms with E-state index in [9.17, 15) is 0 Å². The third kappa shape index (κ3) is 3.29. The Morgan fingerprint density at radius 1 is 0.842 bits per heavy atom. The average molecular weight is 335 g/mol. The summed E-state index contributed by atoms with van der Waals surface area (Å²) in [5.74, 6) is 0. The van der Waals surface area contributed by atoms with Crippen molar-refractivity contribution in [2.75, 3.05) is 5.32 Å². The summed E-state index contributed by atoms with van der Waals surface area (Å²) < 4.78 is 0. The van der Waals surface area contributed by atoms with Crippen LogP contribution in [0.1, 0.15) is 18.5 Å². The van der Waals surface area contributed by atoms with Crippen molar-refractivity contribution >= 4 is 52.1 Å². The summed E-state index contributed by atoms with van der Waals surface area (Å²) >= 11 is 24.3. The fourth-order valence-corrected chi connectivity index (χ4v) is 2.61. The van der Waals surface area contributed by atoms with Crippen molar-refractivity contribution in [2.45, 2.75) is 13.0 Å². The molecule has 0 fully saturated rings. The zero-order valence-electron chi connectivity index (χ0n) is 10.1. The van der Waals surface area contributed by atoms with E-state index in [1.54, 1.807) is 12.1 Å². The normalized spacial score (nSPS) is 12.3. The molecule has 0 radical (unpaired) electrons. The largest absolute Gasteiger partial charge is 0.377 e. The van der Waals surface area contributed by atoms with Crippen molar-refractivity contribution < 1.29 is 0 Å². The van der Waals surface area contributed by atoms with Crippen LogP contribution in [0.15, 0.2) is 36.4 Å². The molecule has 0 saturated carbocycles. The van der Waals surface area contributed by atoms with Crippen molar-refractivity contribution in [3.05, 3.63) is 62.1 Å². The predicted molar refractivity (Wildman–Crippen MR) is 85.0 cm³/mol. The van der Waals surface area contributed by atoms with Gasteiger partial charge in [0.25, 0.3) is 0 Å². The van der Waals surface area contributed by atoms with Gasteiger partial charge in [0.05, 0.1) is 31.8 Å². The molecule has 2 rings (SSSR count). The van der Waals surface area contributed by atoms with Crippen LogP contribution in [0.3, 0.4) is 0 Å². The van der Waals surface area contributed by atoms with E-state index in [0.717, 1.165) is 11.3 Å². The lowest BCUT2D eigenvalue weighted by Gasteiger charge is -2.18. The monoisotopic (exact) mass is 333 g/mol. The van der Waals surface area contributed by atoms with Gasteiger partial charge in [0.2, 0.25) is 0 Å². The third-order valence-electron chi connectivity index (χ3n) is 2.77. The molecule has 0 amide bonds. The van der Waals surface area contributed by atoms with Crippen LogP contribution in [-0.2, 0) is 0 Å². The van der Waals surface area contributed by atoms with Crippen molar-refractivity contribution in [3.8, 4) is 0 Å². The maximum atomic E-state index is 6.19. The van der Waals surface area contributed by atoms with Crippen LogP contribution in [0, 0.1) is 0 Å². The molecule has 0 aliphatic heterocycles.